The average molecular weight is 307 g/mol. The molecule has 3 N–H and O–H groups in total. The molecule has 1 heterocycles. The smallest absolute Gasteiger partial charge is 0.224 e. The van der Waals surface area contributed by atoms with Gasteiger partial charge in [-0.1, -0.05) is 11.6 Å². The predicted molar refractivity (Wildman–Crippen MR) is 83.4 cm³/mol. The molecule has 2 aromatic rings. The number of fused-ring (bicyclic) bond motifs is 1. The first-order chi connectivity index (χ1) is 10.1. The normalized spacial score (nSPS) is 22.4. The highest BCUT2D eigenvalue weighted by Crippen LogP contribution is 2.23. The molecule has 0 radical (unpaired) electrons. The Kier molecular flexibility index (Phi) is 4.17. The molecule has 0 atom stereocenters. The van der Waals surface area contributed by atoms with E-state index in [-0.39, 0.29) is 18.1 Å². The number of aliphatic hydroxyl groups is 1. The molecule has 5 heteroatoms. The largest absolute Gasteiger partial charge is 0.393 e. The first-order valence-electron chi connectivity index (χ1n) is 7.35. The van der Waals surface area contributed by atoms with E-state index in [1.807, 2.05) is 24.4 Å². The van der Waals surface area contributed by atoms with E-state index < -0.39 is 0 Å². The summed E-state index contributed by atoms with van der Waals surface area (Å²) in [5.41, 5.74) is 1.95. The number of benzene rings is 1. The Morgan fingerprint density at radius 2 is 2.10 bits per heavy atom. The number of amides is 1. The SMILES string of the molecule is O=C(Cc1c[nH]c2ccc(Cl)cc12)NC1CCC(O)CC1. The van der Waals surface area contributed by atoms with Crippen LogP contribution in [0.15, 0.2) is 24.4 Å². The molecular weight excluding hydrogens is 288 g/mol. The summed E-state index contributed by atoms with van der Waals surface area (Å²) in [6, 6.07) is 5.82. The van der Waals surface area contributed by atoms with Gasteiger partial charge in [0, 0.05) is 28.2 Å². The number of H-pyrrole nitrogens is 1. The van der Waals surface area contributed by atoms with Crippen LogP contribution in [0.25, 0.3) is 10.9 Å². The number of nitrogens with one attached hydrogen (secondary N) is 2. The summed E-state index contributed by atoms with van der Waals surface area (Å²) < 4.78 is 0. The van der Waals surface area contributed by atoms with Gasteiger partial charge in [0.15, 0.2) is 0 Å². The van der Waals surface area contributed by atoms with Gasteiger partial charge in [-0.3, -0.25) is 4.79 Å². The molecule has 1 aromatic heterocycles. The lowest BCUT2D eigenvalue weighted by atomic mass is 9.93. The fourth-order valence-corrected chi connectivity index (χ4v) is 3.14. The molecule has 1 fully saturated rings. The van der Waals surface area contributed by atoms with Gasteiger partial charge in [-0.2, -0.15) is 0 Å². The lowest BCUT2D eigenvalue weighted by Crippen LogP contribution is -2.39. The molecule has 3 rings (SSSR count). The van der Waals surface area contributed by atoms with Gasteiger partial charge in [0.1, 0.15) is 0 Å². The molecule has 21 heavy (non-hydrogen) atoms. The van der Waals surface area contributed by atoms with E-state index in [2.05, 4.69) is 10.3 Å². The third-order valence-electron chi connectivity index (χ3n) is 4.14. The van der Waals surface area contributed by atoms with Gasteiger partial charge < -0.3 is 15.4 Å². The summed E-state index contributed by atoms with van der Waals surface area (Å²) in [6.45, 7) is 0. The molecule has 0 unspecified atom stereocenters. The van der Waals surface area contributed by atoms with Gasteiger partial charge in [-0.15, -0.1) is 0 Å². The fraction of sp³-hybridized carbons (Fsp3) is 0.438. The van der Waals surface area contributed by atoms with Crippen LogP contribution in [0.3, 0.4) is 0 Å². The van der Waals surface area contributed by atoms with Crippen LogP contribution < -0.4 is 5.32 Å². The molecule has 1 aliphatic carbocycles. The van der Waals surface area contributed by atoms with Crippen molar-refractivity contribution in [2.24, 2.45) is 0 Å². The second-order valence-electron chi connectivity index (χ2n) is 5.75. The molecule has 0 saturated heterocycles. The Morgan fingerprint density at radius 1 is 1.33 bits per heavy atom. The van der Waals surface area contributed by atoms with Gasteiger partial charge in [0.05, 0.1) is 12.5 Å². The Hall–Kier alpha value is -1.52. The lowest BCUT2D eigenvalue weighted by Gasteiger charge is -2.26. The zero-order chi connectivity index (χ0) is 14.8. The van der Waals surface area contributed by atoms with Gasteiger partial charge in [0.25, 0.3) is 0 Å². The average Bonchev–Trinajstić information content (AvgIpc) is 2.84. The number of aromatic amines is 1. The highest BCUT2D eigenvalue weighted by atomic mass is 35.5. The van der Waals surface area contributed by atoms with Crippen molar-refractivity contribution >= 4 is 28.4 Å². The molecule has 0 aliphatic heterocycles. The minimum Gasteiger partial charge on any atom is -0.393 e. The van der Waals surface area contributed by atoms with Crippen molar-refractivity contribution in [1.29, 1.82) is 0 Å². The highest BCUT2D eigenvalue weighted by molar-refractivity contribution is 6.31. The predicted octanol–water partition coefficient (Wildman–Crippen LogP) is 2.78. The van der Waals surface area contributed by atoms with E-state index in [0.29, 0.717) is 11.4 Å². The third kappa shape index (κ3) is 3.39. The first-order valence-corrected chi connectivity index (χ1v) is 7.72. The number of aromatic nitrogens is 1. The van der Waals surface area contributed by atoms with Crippen LogP contribution in [0.2, 0.25) is 5.02 Å². The summed E-state index contributed by atoms with van der Waals surface area (Å²) in [5.74, 6) is 0.0252. The molecule has 0 bridgehead atoms. The van der Waals surface area contributed by atoms with Crippen molar-refractivity contribution in [3.05, 3.63) is 35.0 Å². The maximum atomic E-state index is 12.2. The van der Waals surface area contributed by atoms with Gasteiger partial charge in [-0.05, 0) is 49.4 Å². The number of halogens is 1. The maximum Gasteiger partial charge on any atom is 0.224 e. The second kappa shape index (κ2) is 6.08. The van der Waals surface area contributed by atoms with Crippen molar-refractivity contribution in [1.82, 2.24) is 10.3 Å². The van der Waals surface area contributed by atoms with Crippen molar-refractivity contribution < 1.29 is 9.90 Å². The van der Waals surface area contributed by atoms with E-state index in [9.17, 15) is 9.90 Å². The summed E-state index contributed by atoms with van der Waals surface area (Å²) in [4.78, 5) is 15.3. The Balaban J connectivity index is 1.65. The van der Waals surface area contributed by atoms with Crippen LogP contribution in [0.1, 0.15) is 31.2 Å². The van der Waals surface area contributed by atoms with E-state index in [1.54, 1.807) is 0 Å². The van der Waals surface area contributed by atoms with Crippen LogP contribution in [-0.4, -0.2) is 28.1 Å². The van der Waals surface area contributed by atoms with E-state index in [4.69, 9.17) is 11.6 Å². The van der Waals surface area contributed by atoms with Gasteiger partial charge in [-0.25, -0.2) is 0 Å². The van der Waals surface area contributed by atoms with Crippen LogP contribution in [-0.2, 0) is 11.2 Å². The van der Waals surface area contributed by atoms with Crippen molar-refractivity contribution in [3.8, 4) is 0 Å². The van der Waals surface area contributed by atoms with Gasteiger partial charge in [0.2, 0.25) is 5.91 Å². The number of rotatable bonds is 3. The van der Waals surface area contributed by atoms with Crippen LogP contribution >= 0.6 is 11.6 Å². The topological polar surface area (TPSA) is 65.1 Å². The zero-order valence-corrected chi connectivity index (χ0v) is 12.5. The van der Waals surface area contributed by atoms with Gasteiger partial charge >= 0.3 is 0 Å². The van der Waals surface area contributed by atoms with E-state index in [0.717, 1.165) is 42.1 Å². The maximum absolute atomic E-state index is 12.2. The van der Waals surface area contributed by atoms with E-state index in [1.165, 1.54) is 0 Å². The number of carbonyl (C=O) groups excluding carboxylic acids is 1. The minimum absolute atomic E-state index is 0.0252. The summed E-state index contributed by atoms with van der Waals surface area (Å²) in [7, 11) is 0. The van der Waals surface area contributed by atoms with Crippen LogP contribution in [0.4, 0.5) is 0 Å². The minimum atomic E-state index is -0.200. The summed E-state index contributed by atoms with van der Waals surface area (Å²) in [5, 5.41) is 14.2. The number of hydrogen-bond acceptors (Lipinski definition) is 2. The molecular formula is C16H19ClN2O2. The first kappa shape index (κ1) is 14.4. The Labute approximate surface area is 128 Å². The Morgan fingerprint density at radius 3 is 2.86 bits per heavy atom. The standard InChI is InChI=1S/C16H19ClN2O2/c17-11-1-6-15-14(8-11)10(9-18-15)7-16(21)19-12-2-4-13(20)5-3-12/h1,6,8-9,12-13,18,20H,2-5,7H2,(H,19,21). The number of carbonyl (C=O) groups is 1. The molecule has 1 aromatic carbocycles. The highest BCUT2D eigenvalue weighted by Gasteiger charge is 2.21. The quantitative estimate of drug-likeness (QED) is 0.816. The van der Waals surface area contributed by atoms with Crippen molar-refractivity contribution in [2.45, 2.75) is 44.2 Å². The van der Waals surface area contributed by atoms with E-state index >= 15 is 0 Å². The summed E-state index contributed by atoms with van der Waals surface area (Å²) in [6.07, 6.45) is 5.26. The second-order valence-corrected chi connectivity index (χ2v) is 6.19. The molecule has 0 spiro atoms. The van der Waals surface area contributed by atoms with Crippen LogP contribution in [0.5, 0.6) is 0 Å². The molecule has 1 saturated carbocycles. The van der Waals surface area contributed by atoms with Crippen LogP contribution in [0, 0.1) is 0 Å². The summed E-state index contributed by atoms with van der Waals surface area (Å²) >= 11 is 6.02. The molecule has 112 valence electrons. The number of aliphatic hydroxyl groups excluding tert-OH is 1. The van der Waals surface area contributed by atoms with Crippen molar-refractivity contribution in [3.63, 3.8) is 0 Å². The molecule has 4 nitrogen and oxygen atoms in total. The molecule has 1 aliphatic rings. The Bertz CT molecular complexity index is 645. The fourth-order valence-electron chi connectivity index (χ4n) is 2.97. The lowest BCUT2D eigenvalue weighted by molar-refractivity contribution is -0.121. The zero-order valence-electron chi connectivity index (χ0n) is 11.7. The third-order valence-corrected chi connectivity index (χ3v) is 4.38. The monoisotopic (exact) mass is 306 g/mol. The van der Waals surface area contributed by atoms with Crippen molar-refractivity contribution in [2.75, 3.05) is 0 Å². The molecule has 1 amide bonds. The number of hydrogen-bond donors (Lipinski definition) is 3.